The summed E-state index contributed by atoms with van der Waals surface area (Å²) in [5.74, 6) is 0.648. The molecule has 0 radical (unpaired) electrons. The van der Waals surface area contributed by atoms with Crippen molar-refractivity contribution in [3.63, 3.8) is 0 Å². The maximum Gasteiger partial charge on any atom is 0.201 e. The van der Waals surface area contributed by atoms with Crippen LogP contribution in [0.2, 0.25) is 0 Å². The molecule has 0 amide bonds. The lowest BCUT2D eigenvalue weighted by Crippen LogP contribution is -2.17. The van der Waals surface area contributed by atoms with Gasteiger partial charge in [0, 0.05) is 6.54 Å². The van der Waals surface area contributed by atoms with Crippen LogP contribution < -0.4 is 5.73 Å². The van der Waals surface area contributed by atoms with Gasteiger partial charge in [-0.1, -0.05) is 12.1 Å². The average molecular weight is 230 g/mol. The number of likely N-dealkylation sites (N-methyl/N-ethyl adjacent to an activating group) is 1. The van der Waals surface area contributed by atoms with Crippen LogP contribution in [0.15, 0.2) is 18.2 Å². The van der Waals surface area contributed by atoms with Crippen molar-refractivity contribution < 1.29 is 0 Å². The van der Waals surface area contributed by atoms with Crippen molar-refractivity contribution in [2.45, 2.75) is 19.4 Å². The Morgan fingerprint density at radius 2 is 2.24 bits per heavy atom. The third-order valence-electron chi connectivity index (χ3n) is 3.68. The number of aromatic nitrogens is 2. The number of fused-ring (bicyclic) bond motifs is 1. The molecule has 17 heavy (non-hydrogen) atoms. The first-order chi connectivity index (χ1) is 8.16. The standard InChI is InChI=1S/C13H18N4/c1-9-4-3-5-11-12(9)15-13(14)17(11)10-6-7-16(2)8-10/h3-5,10H,6-8H2,1-2H3,(H2,14,15). The Morgan fingerprint density at radius 1 is 1.41 bits per heavy atom. The number of nitrogens with zero attached hydrogens (tertiary/aromatic N) is 3. The molecule has 4 heteroatoms. The van der Waals surface area contributed by atoms with Crippen molar-refractivity contribution in [1.29, 1.82) is 0 Å². The van der Waals surface area contributed by atoms with Gasteiger partial charge in [-0.3, -0.25) is 0 Å². The van der Waals surface area contributed by atoms with Gasteiger partial charge in [0.15, 0.2) is 0 Å². The van der Waals surface area contributed by atoms with E-state index in [1.165, 1.54) is 11.1 Å². The van der Waals surface area contributed by atoms with Crippen LogP contribution in [-0.4, -0.2) is 34.6 Å². The largest absolute Gasteiger partial charge is 0.369 e. The Balaban J connectivity index is 2.16. The molecule has 2 N–H and O–H groups in total. The number of benzene rings is 1. The summed E-state index contributed by atoms with van der Waals surface area (Å²) in [5, 5.41) is 0. The minimum atomic E-state index is 0.465. The SMILES string of the molecule is Cc1cccc2c1nc(N)n2C1CCN(C)C1. The number of anilines is 1. The predicted octanol–water partition coefficient (Wildman–Crippen LogP) is 1.80. The third-order valence-corrected chi connectivity index (χ3v) is 3.68. The van der Waals surface area contributed by atoms with Gasteiger partial charge in [-0.15, -0.1) is 0 Å². The molecule has 0 saturated carbocycles. The second-order valence-corrected chi connectivity index (χ2v) is 4.99. The van der Waals surface area contributed by atoms with E-state index in [1.807, 2.05) is 0 Å². The lowest BCUT2D eigenvalue weighted by atomic mass is 10.2. The minimum absolute atomic E-state index is 0.465. The van der Waals surface area contributed by atoms with E-state index >= 15 is 0 Å². The lowest BCUT2D eigenvalue weighted by Gasteiger charge is -2.14. The molecule has 1 aliphatic rings. The summed E-state index contributed by atoms with van der Waals surface area (Å²) >= 11 is 0. The Hall–Kier alpha value is -1.55. The van der Waals surface area contributed by atoms with Crippen LogP contribution in [0, 0.1) is 6.92 Å². The molecule has 4 nitrogen and oxygen atoms in total. The van der Waals surface area contributed by atoms with Crippen LogP contribution in [0.5, 0.6) is 0 Å². The Bertz CT molecular complexity index is 558. The van der Waals surface area contributed by atoms with Crippen molar-refractivity contribution in [3.8, 4) is 0 Å². The molecule has 1 unspecified atom stereocenters. The van der Waals surface area contributed by atoms with Gasteiger partial charge in [0.1, 0.15) is 0 Å². The molecule has 1 saturated heterocycles. The van der Waals surface area contributed by atoms with E-state index in [1.54, 1.807) is 0 Å². The maximum atomic E-state index is 6.08. The van der Waals surface area contributed by atoms with Gasteiger partial charge >= 0.3 is 0 Å². The minimum Gasteiger partial charge on any atom is -0.369 e. The number of nitrogen functional groups attached to an aromatic ring is 1. The van der Waals surface area contributed by atoms with Gasteiger partial charge in [-0.2, -0.15) is 0 Å². The van der Waals surface area contributed by atoms with Crippen LogP contribution in [0.1, 0.15) is 18.0 Å². The molecule has 0 spiro atoms. The number of para-hydroxylation sites is 1. The maximum absolute atomic E-state index is 6.08. The Kier molecular flexibility index (Phi) is 2.33. The smallest absolute Gasteiger partial charge is 0.201 e. The van der Waals surface area contributed by atoms with Gasteiger partial charge in [-0.25, -0.2) is 4.98 Å². The topological polar surface area (TPSA) is 47.1 Å². The normalized spacial score (nSPS) is 21.4. The lowest BCUT2D eigenvalue weighted by molar-refractivity contribution is 0.396. The van der Waals surface area contributed by atoms with E-state index in [-0.39, 0.29) is 0 Å². The summed E-state index contributed by atoms with van der Waals surface area (Å²) in [6, 6.07) is 6.74. The van der Waals surface area contributed by atoms with Crippen LogP contribution in [0.4, 0.5) is 5.95 Å². The van der Waals surface area contributed by atoms with E-state index in [4.69, 9.17) is 5.73 Å². The summed E-state index contributed by atoms with van der Waals surface area (Å²) in [7, 11) is 2.15. The summed E-state index contributed by atoms with van der Waals surface area (Å²) < 4.78 is 2.20. The number of rotatable bonds is 1. The van der Waals surface area contributed by atoms with Crippen molar-refractivity contribution >= 4 is 17.0 Å². The average Bonchev–Trinajstić information content (AvgIpc) is 2.82. The second-order valence-electron chi connectivity index (χ2n) is 4.99. The monoisotopic (exact) mass is 230 g/mol. The van der Waals surface area contributed by atoms with Gasteiger partial charge in [0.25, 0.3) is 0 Å². The molecule has 3 rings (SSSR count). The fourth-order valence-corrected chi connectivity index (χ4v) is 2.78. The first-order valence-electron chi connectivity index (χ1n) is 6.08. The van der Waals surface area contributed by atoms with E-state index in [0.717, 1.165) is 25.0 Å². The summed E-state index contributed by atoms with van der Waals surface area (Å²) in [5.41, 5.74) is 9.49. The highest BCUT2D eigenvalue weighted by molar-refractivity contribution is 5.81. The Labute approximate surface area is 101 Å². The molecule has 0 bridgehead atoms. The number of hydrogen-bond donors (Lipinski definition) is 1. The highest BCUT2D eigenvalue weighted by Gasteiger charge is 2.24. The third kappa shape index (κ3) is 1.60. The quantitative estimate of drug-likeness (QED) is 0.812. The fourth-order valence-electron chi connectivity index (χ4n) is 2.78. The molecular weight excluding hydrogens is 212 g/mol. The summed E-state index contributed by atoms with van der Waals surface area (Å²) in [6.45, 7) is 4.28. The number of aryl methyl sites for hydroxylation is 1. The molecule has 2 aromatic rings. The molecule has 90 valence electrons. The molecule has 1 aromatic heterocycles. The van der Waals surface area contributed by atoms with Crippen LogP contribution in [0.25, 0.3) is 11.0 Å². The van der Waals surface area contributed by atoms with E-state index in [2.05, 4.69) is 46.6 Å². The molecule has 1 aromatic carbocycles. The number of likely N-dealkylation sites (tertiary alicyclic amines) is 1. The number of nitrogens with two attached hydrogens (primary N) is 1. The van der Waals surface area contributed by atoms with Crippen LogP contribution in [-0.2, 0) is 0 Å². The zero-order valence-electron chi connectivity index (χ0n) is 10.3. The molecule has 0 aliphatic carbocycles. The summed E-state index contributed by atoms with van der Waals surface area (Å²) in [4.78, 5) is 6.84. The van der Waals surface area contributed by atoms with Crippen molar-refractivity contribution in [1.82, 2.24) is 14.5 Å². The van der Waals surface area contributed by atoms with Gasteiger partial charge in [-0.05, 0) is 38.6 Å². The molecule has 2 heterocycles. The zero-order valence-corrected chi connectivity index (χ0v) is 10.3. The first-order valence-corrected chi connectivity index (χ1v) is 6.08. The van der Waals surface area contributed by atoms with E-state index in [9.17, 15) is 0 Å². The number of hydrogen-bond acceptors (Lipinski definition) is 3. The predicted molar refractivity (Wildman–Crippen MR) is 70.0 cm³/mol. The van der Waals surface area contributed by atoms with Crippen LogP contribution in [0.3, 0.4) is 0 Å². The molecular formula is C13H18N4. The molecule has 1 aliphatic heterocycles. The second kappa shape index (κ2) is 3.74. The highest BCUT2D eigenvalue weighted by Crippen LogP contribution is 2.29. The first kappa shape index (κ1) is 10.6. The molecule has 1 fully saturated rings. The van der Waals surface area contributed by atoms with Gasteiger partial charge in [0.2, 0.25) is 5.95 Å². The fraction of sp³-hybridized carbons (Fsp3) is 0.462. The van der Waals surface area contributed by atoms with Crippen LogP contribution >= 0.6 is 0 Å². The van der Waals surface area contributed by atoms with E-state index in [0.29, 0.717) is 12.0 Å². The van der Waals surface area contributed by atoms with Crippen molar-refractivity contribution in [3.05, 3.63) is 23.8 Å². The van der Waals surface area contributed by atoms with Gasteiger partial charge in [0.05, 0.1) is 17.1 Å². The molecule has 1 atom stereocenters. The van der Waals surface area contributed by atoms with Crippen molar-refractivity contribution in [2.75, 3.05) is 25.9 Å². The number of imidazole rings is 1. The van der Waals surface area contributed by atoms with E-state index < -0.39 is 0 Å². The zero-order chi connectivity index (χ0) is 12.0. The highest BCUT2D eigenvalue weighted by atomic mass is 15.2. The van der Waals surface area contributed by atoms with Gasteiger partial charge < -0.3 is 15.2 Å². The van der Waals surface area contributed by atoms with Crippen molar-refractivity contribution in [2.24, 2.45) is 0 Å². The Morgan fingerprint density at radius 3 is 2.94 bits per heavy atom. The summed E-state index contributed by atoms with van der Waals surface area (Å²) in [6.07, 6.45) is 1.15.